The van der Waals surface area contributed by atoms with E-state index in [-0.39, 0.29) is 20.9 Å². The van der Waals surface area contributed by atoms with E-state index in [9.17, 15) is 8.42 Å². The van der Waals surface area contributed by atoms with E-state index < -0.39 is 10.0 Å². The van der Waals surface area contributed by atoms with Crippen molar-refractivity contribution < 1.29 is 8.42 Å². The molecule has 1 aromatic heterocycles. The van der Waals surface area contributed by atoms with Gasteiger partial charge in [0.2, 0.25) is 0 Å². The molecule has 0 amide bonds. The second-order valence-corrected chi connectivity index (χ2v) is 6.60. The summed E-state index contributed by atoms with van der Waals surface area (Å²) >= 11 is 11.6. The minimum Gasteiger partial charge on any atom is -0.262 e. The van der Waals surface area contributed by atoms with E-state index in [4.69, 9.17) is 23.2 Å². The smallest absolute Gasteiger partial charge is 0.262 e. The van der Waals surface area contributed by atoms with Crippen molar-refractivity contribution in [2.45, 2.75) is 18.7 Å². The van der Waals surface area contributed by atoms with Crippen molar-refractivity contribution in [3.8, 4) is 0 Å². The number of aromatic nitrogens is 2. The highest BCUT2D eigenvalue weighted by Crippen LogP contribution is 2.27. The van der Waals surface area contributed by atoms with Crippen molar-refractivity contribution in [3.63, 3.8) is 0 Å². The molecule has 0 bridgehead atoms. The van der Waals surface area contributed by atoms with Gasteiger partial charge in [-0.25, -0.2) is 18.4 Å². The zero-order valence-electron chi connectivity index (χ0n) is 10.7. The molecule has 1 aromatic carbocycles. The standard InChI is InChI=1S/C12H11Cl2N3O2S/c1-7-3-4-9(5-8(7)2)20(18,19)17-12-10(13)11(14)15-6-16-12/h3-6H,1-2H3,(H,15,16,17). The number of benzene rings is 1. The number of aryl methyl sites for hydroxylation is 2. The summed E-state index contributed by atoms with van der Waals surface area (Å²) in [7, 11) is -3.78. The molecule has 0 fully saturated rings. The van der Waals surface area contributed by atoms with Crippen LogP contribution in [0.1, 0.15) is 11.1 Å². The average molecular weight is 332 g/mol. The van der Waals surface area contributed by atoms with Crippen molar-refractivity contribution in [1.29, 1.82) is 0 Å². The highest BCUT2D eigenvalue weighted by molar-refractivity contribution is 7.92. The van der Waals surface area contributed by atoms with Gasteiger partial charge in [-0.2, -0.15) is 0 Å². The van der Waals surface area contributed by atoms with Crippen LogP contribution in [0.15, 0.2) is 29.4 Å². The third-order valence-electron chi connectivity index (χ3n) is 2.77. The minimum absolute atomic E-state index is 0.0144. The lowest BCUT2D eigenvalue weighted by molar-refractivity contribution is 0.601. The lowest BCUT2D eigenvalue weighted by Gasteiger charge is -2.10. The second-order valence-electron chi connectivity index (χ2n) is 4.18. The molecule has 5 nitrogen and oxygen atoms in total. The Morgan fingerprint density at radius 1 is 1.10 bits per heavy atom. The van der Waals surface area contributed by atoms with Crippen LogP contribution in [0, 0.1) is 13.8 Å². The van der Waals surface area contributed by atoms with Crippen LogP contribution in [0.25, 0.3) is 0 Å². The Hall–Kier alpha value is -1.37. The first-order chi connectivity index (χ1) is 9.31. The molecular weight excluding hydrogens is 321 g/mol. The van der Waals surface area contributed by atoms with Crippen LogP contribution in [0.3, 0.4) is 0 Å². The Morgan fingerprint density at radius 3 is 2.45 bits per heavy atom. The SMILES string of the molecule is Cc1ccc(S(=O)(=O)Nc2ncnc(Cl)c2Cl)cc1C. The number of hydrogen-bond donors (Lipinski definition) is 1. The maximum atomic E-state index is 12.3. The van der Waals surface area contributed by atoms with Gasteiger partial charge in [0.25, 0.3) is 10.0 Å². The molecule has 8 heteroatoms. The summed E-state index contributed by atoms with van der Waals surface area (Å²) in [5, 5.41) is -0.0546. The lowest BCUT2D eigenvalue weighted by atomic mass is 10.1. The molecule has 20 heavy (non-hydrogen) atoms. The van der Waals surface area contributed by atoms with Gasteiger partial charge in [0.15, 0.2) is 11.0 Å². The first-order valence-corrected chi connectivity index (χ1v) is 7.81. The molecule has 2 aromatic rings. The van der Waals surface area contributed by atoms with E-state index >= 15 is 0 Å². The fourth-order valence-corrected chi connectivity index (χ4v) is 2.93. The van der Waals surface area contributed by atoms with Crippen LogP contribution in [-0.4, -0.2) is 18.4 Å². The molecule has 0 radical (unpaired) electrons. The van der Waals surface area contributed by atoms with Gasteiger partial charge in [-0.1, -0.05) is 29.3 Å². The van der Waals surface area contributed by atoms with Crippen molar-refractivity contribution in [3.05, 3.63) is 45.8 Å². The largest absolute Gasteiger partial charge is 0.263 e. The number of halogens is 2. The molecule has 106 valence electrons. The first-order valence-electron chi connectivity index (χ1n) is 5.57. The predicted octanol–water partition coefficient (Wildman–Crippen LogP) is 3.20. The van der Waals surface area contributed by atoms with E-state index in [1.165, 1.54) is 6.07 Å². The van der Waals surface area contributed by atoms with Crippen LogP contribution in [-0.2, 0) is 10.0 Å². The Bertz CT molecular complexity index is 763. The van der Waals surface area contributed by atoms with Crippen LogP contribution in [0.5, 0.6) is 0 Å². The molecule has 0 aliphatic heterocycles. The molecule has 1 heterocycles. The topological polar surface area (TPSA) is 72.0 Å². The summed E-state index contributed by atoms with van der Waals surface area (Å²) in [4.78, 5) is 7.56. The molecule has 2 rings (SSSR count). The van der Waals surface area contributed by atoms with E-state index in [0.29, 0.717) is 0 Å². The molecular formula is C12H11Cl2N3O2S. The normalized spacial score (nSPS) is 11.4. The van der Waals surface area contributed by atoms with Crippen LogP contribution in [0.4, 0.5) is 5.82 Å². The summed E-state index contributed by atoms with van der Waals surface area (Å²) in [6, 6.07) is 4.83. The van der Waals surface area contributed by atoms with Crippen molar-refractivity contribution >= 4 is 39.0 Å². The van der Waals surface area contributed by atoms with Gasteiger partial charge in [-0.15, -0.1) is 0 Å². The van der Waals surface area contributed by atoms with Gasteiger partial charge >= 0.3 is 0 Å². The molecule has 0 aliphatic carbocycles. The summed E-state index contributed by atoms with van der Waals surface area (Å²) in [6.45, 7) is 3.74. The van der Waals surface area contributed by atoms with Crippen LogP contribution >= 0.6 is 23.2 Å². The summed E-state index contributed by atoms with van der Waals surface area (Å²) < 4.78 is 26.8. The predicted molar refractivity (Wildman–Crippen MR) is 78.8 cm³/mol. The number of rotatable bonds is 3. The zero-order valence-corrected chi connectivity index (χ0v) is 13.0. The summed E-state index contributed by atoms with van der Waals surface area (Å²) in [6.07, 6.45) is 1.13. The van der Waals surface area contributed by atoms with Gasteiger partial charge < -0.3 is 0 Å². The fraction of sp³-hybridized carbons (Fsp3) is 0.167. The van der Waals surface area contributed by atoms with E-state index in [1.807, 2.05) is 13.8 Å². The van der Waals surface area contributed by atoms with E-state index in [2.05, 4.69) is 14.7 Å². The molecule has 0 atom stereocenters. The van der Waals surface area contributed by atoms with Gasteiger partial charge in [0.1, 0.15) is 11.3 Å². The van der Waals surface area contributed by atoms with Gasteiger partial charge in [0.05, 0.1) is 4.90 Å². The van der Waals surface area contributed by atoms with Crippen molar-refractivity contribution in [1.82, 2.24) is 9.97 Å². The first kappa shape index (κ1) is 15.0. The number of anilines is 1. The van der Waals surface area contributed by atoms with E-state index in [1.54, 1.807) is 12.1 Å². The third kappa shape index (κ3) is 3.03. The van der Waals surface area contributed by atoms with Gasteiger partial charge in [-0.05, 0) is 37.1 Å². The number of hydrogen-bond acceptors (Lipinski definition) is 4. The molecule has 0 spiro atoms. The van der Waals surface area contributed by atoms with Crippen molar-refractivity contribution in [2.75, 3.05) is 4.72 Å². The molecule has 0 unspecified atom stereocenters. The Labute approximate surface area is 127 Å². The Morgan fingerprint density at radius 2 is 1.80 bits per heavy atom. The maximum absolute atomic E-state index is 12.3. The Kier molecular flexibility index (Phi) is 4.17. The average Bonchev–Trinajstić information content (AvgIpc) is 2.38. The third-order valence-corrected chi connectivity index (χ3v) is 4.84. The quantitative estimate of drug-likeness (QED) is 0.876. The monoisotopic (exact) mass is 331 g/mol. The van der Waals surface area contributed by atoms with Gasteiger partial charge in [-0.3, -0.25) is 4.72 Å². The van der Waals surface area contributed by atoms with Crippen LogP contribution < -0.4 is 4.72 Å². The number of sulfonamides is 1. The fourth-order valence-electron chi connectivity index (χ4n) is 1.49. The number of nitrogens with zero attached hydrogens (tertiary/aromatic N) is 2. The lowest BCUT2D eigenvalue weighted by Crippen LogP contribution is -2.14. The highest BCUT2D eigenvalue weighted by Gasteiger charge is 2.18. The summed E-state index contributed by atoms with van der Waals surface area (Å²) in [5.74, 6) is -0.0510. The second kappa shape index (κ2) is 5.55. The maximum Gasteiger partial charge on any atom is 0.263 e. The molecule has 1 N–H and O–H groups in total. The Balaban J connectivity index is 2.41. The van der Waals surface area contributed by atoms with Crippen molar-refractivity contribution in [2.24, 2.45) is 0 Å². The summed E-state index contributed by atoms with van der Waals surface area (Å²) in [5.41, 5.74) is 1.88. The molecule has 0 saturated carbocycles. The van der Waals surface area contributed by atoms with E-state index in [0.717, 1.165) is 17.5 Å². The number of nitrogens with one attached hydrogen (secondary N) is 1. The highest BCUT2D eigenvalue weighted by atomic mass is 35.5. The van der Waals surface area contributed by atoms with Gasteiger partial charge in [0, 0.05) is 0 Å². The zero-order chi connectivity index (χ0) is 14.9. The molecule has 0 aliphatic rings. The van der Waals surface area contributed by atoms with Crippen LogP contribution in [0.2, 0.25) is 10.2 Å². The minimum atomic E-state index is -3.78. The molecule has 0 saturated heterocycles.